The molecule has 1 aliphatic rings. The summed E-state index contributed by atoms with van der Waals surface area (Å²) in [7, 11) is 0. The normalized spacial score (nSPS) is 19.4. The molecule has 1 aromatic heterocycles. The number of benzene rings is 1. The Kier molecular flexibility index (Phi) is 4.05. The summed E-state index contributed by atoms with van der Waals surface area (Å²) >= 11 is 1.88. The second-order valence-electron chi connectivity index (χ2n) is 6.21. The second kappa shape index (κ2) is 5.82. The van der Waals surface area contributed by atoms with E-state index in [4.69, 9.17) is 5.73 Å². The molecule has 1 aromatic carbocycles. The lowest BCUT2D eigenvalue weighted by Crippen LogP contribution is -2.40. The van der Waals surface area contributed by atoms with Crippen molar-refractivity contribution < 1.29 is 0 Å². The first kappa shape index (κ1) is 14.6. The number of nitrogens with zero attached hydrogens (tertiary/aromatic N) is 1. The molecule has 0 saturated heterocycles. The number of aryl methyl sites for hydroxylation is 2. The lowest BCUT2D eigenvalue weighted by atomic mass is 9.91. The first-order valence-corrected chi connectivity index (χ1v) is 8.53. The summed E-state index contributed by atoms with van der Waals surface area (Å²) in [5.74, 6) is 0.675. The van der Waals surface area contributed by atoms with Gasteiger partial charge >= 0.3 is 0 Å². The van der Waals surface area contributed by atoms with Gasteiger partial charge in [-0.2, -0.15) is 0 Å². The molecule has 0 spiro atoms. The average Bonchev–Trinajstić information content (AvgIpc) is 2.78. The highest BCUT2D eigenvalue weighted by atomic mass is 32.1. The highest BCUT2D eigenvalue weighted by Gasteiger charge is 2.28. The van der Waals surface area contributed by atoms with Gasteiger partial charge in [0.05, 0.1) is 6.04 Å². The van der Waals surface area contributed by atoms with Crippen LogP contribution in [0.2, 0.25) is 0 Å². The van der Waals surface area contributed by atoms with E-state index in [-0.39, 0.29) is 0 Å². The van der Waals surface area contributed by atoms with Gasteiger partial charge in [0.25, 0.3) is 0 Å². The van der Waals surface area contributed by atoms with Gasteiger partial charge in [0.15, 0.2) is 0 Å². The average molecular weight is 300 g/mol. The standard InChI is InChI=1S/C18H24N2S/c1-12-8-15-6-4-5-7-17(15)20(11-12)18(10-19)16-9-13(2)21-14(16)3/h4-7,9,12,18H,8,10-11,19H2,1-3H3. The van der Waals surface area contributed by atoms with Crippen LogP contribution in [0, 0.1) is 19.8 Å². The Morgan fingerprint density at radius 3 is 2.76 bits per heavy atom. The number of fused-ring (bicyclic) bond motifs is 1. The smallest absolute Gasteiger partial charge is 0.0675 e. The van der Waals surface area contributed by atoms with Crippen molar-refractivity contribution in [2.24, 2.45) is 11.7 Å². The fourth-order valence-electron chi connectivity index (χ4n) is 3.54. The van der Waals surface area contributed by atoms with Gasteiger partial charge in [0.1, 0.15) is 0 Å². The van der Waals surface area contributed by atoms with Crippen molar-refractivity contribution in [3.8, 4) is 0 Å². The van der Waals surface area contributed by atoms with Gasteiger partial charge in [-0.3, -0.25) is 0 Å². The molecule has 2 atom stereocenters. The summed E-state index contributed by atoms with van der Waals surface area (Å²) in [6.45, 7) is 8.49. The molecule has 21 heavy (non-hydrogen) atoms. The minimum atomic E-state index is 0.291. The predicted octanol–water partition coefficient (Wildman–Crippen LogP) is 4.06. The van der Waals surface area contributed by atoms with E-state index in [9.17, 15) is 0 Å². The van der Waals surface area contributed by atoms with Crippen LogP contribution in [-0.2, 0) is 6.42 Å². The molecule has 2 aromatic rings. The molecule has 2 heterocycles. The van der Waals surface area contributed by atoms with Crippen LogP contribution >= 0.6 is 11.3 Å². The first-order chi connectivity index (χ1) is 10.1. The van der Waals surface area contributed by atoms with Crippen molar-refractivity contribution in [1.82, 2.24) is 0 Å². The van der Waals surface area contributed by atoms with Crippen molar-refractivity contribution >= 4 is 17.0 Å². The third kappa shape index (κ3) is 2.72. The first-order valence-electron chi connectivity index (χ1n) is 7.71. The molecule has 3 heteroatoms. The highest BCUT2D eigenvalue weighted by Crippen LogP contribution is 2.38. The highest BCUT2D eigenvalue weighted by molar-refractivity contribution is 7.12. The predicted molar refractivity (Wildman–Crippen MR) is 92.2 cm³/mol. The second-order valence-corrected chi connectivity index (χ2v) is 7.67. The molecule has 0 saturated carbocycles. The largest absolute Gasteiger partial charge is 0.363 e. The molecule has 0 radical (unpaired) electrons. The number of hydrogen-bond donors (Lipinski definition) is 1. The molecule has 2 unspecified atom stereocenters. The van der Waals surface area contributed by atoms with E-state index in [0.29, 0.717) is 18.5 Å². The summed E-state index contributed by atoms with van der Waals surface area (Å²) in [5.41, 5.74) is 10.4. The Bertz CT molecular complexity index is 632. The quantitative estimate of drug-likeness (QED) is 0.926. The number of thiophene rings is 1. The van der Waals surface area contributed by atoms with E-state index < -0.39 is 0 Å². The summed E-state index contributed by atoms with van der Waals surface area (Å²) in [6, 6.07) is 11.4. The Balaban J connectivity index is 2.03. The summed E-state index contributed by atoms with van der Waals surface area (Å²) < 4.78 is 0. The van der Waals surface area contributed by atoms with Crippen LogP contribution in [0.1, 0.15) is 33.8 Å². The van der Waals surface area contributed by atoms with Crippen LogP contribution in [0.15, 0.2) is 30.3 Å². The van der Waals surface area contributed by atoms with Crippen LogP contribution in [0.4, 0.5) is 5.69 Å². The number of anilines is 1. The number of rotatable bonds is 3. The zero-order chi connectivity index (χ0) is 15.0. The van der Waals surface area contributed by atoms with Gasteiger partial charge < -0.3 is 10.6 Å². The maximum absolute atomic E-state index is 6.18. The van der Waals surface area contributed by atoms with E-state index in [1.807, 2.05) is 11.3 Å². The third-order valence-electron chi connectivity index (χ3n) is 4.42. The molecule has 1 aliphatic heterocycles. The van der Waals surface area contributed by atoms with Crippen LogP contribution in [-0.4, -0.2) is 13.1 Å². The number of hydrogen-bond acceptors (Lipinski definition) is 3. The molecule has 112 valence electrons. The summed E-state index contributed by atoms with van der Waals surface area (Å²) in [6.07, 6.45) is 1.17. The minimum Gasteiger partial charge on any atom is -0.363 e. The molecule has 0 bridgehead atoms. The molecule has 2 N–H and O–H groups in total. The van der Waals surface area contributed by atoms with E-state index in [1.54, 1.807) is 0 Å². The van der Waals surface area contributed by atoms with Gasteiger partial charge in [-0.05, 0) is 49.4 Å². The lowest BCUT2D eigenvalue weighted by Gasteiger charge is -2.40. The van der Waals surface area contributed by atoms with Gasteiger partial charge in [-0.15, -0.1) is 11.3 Å². The zero-order valence-electron chi connectivity index (χ0n) is 13.1. The molecule has 0 amide bonds. The van der Waals surface area contributed by atoms with Gasteiger partial charge in [-0.25, -0.2) is 0 Å². The van der Waals surface area contributed by atoms with Gasteiger partial charge in [0.2, 0.25) is 0 Å². The molecule has 0 aliphatic carbocycles. The zero-order valence-corrected chi connectivity index (χ0v) is 13.9. The van der Waals surface area contributed by atoms with E-state index in [2.05, 4.69) is 56.0 Å². The number of nitrogens with two attached hydrogens (primary N) is 1. The summed E-state index contributed by atoms with van der Waals surface area (Å²) in [5, 5.41) is 0. The fraction of sp³-hybridized carbons (Fsp3) is 0.444. The van der Waals surface area contributed by atoms with E-state index in [1.165, 1.54) is 33.0 Å². The molecular weight excluding hydrogens is 276 g/mol. The Morgan fingerprint density at radius 1 is 1.33 bits per heavy atom. The molecule has 3 rings (SSSR count). The summed E-state index contributed by atoms with van der Waals surface area (Å²) in [4.78, 5) is 5.30. The van der Waals surface area contributed by atoms with E-state index >= 15 is 0 Å². The van der Waals surface area contributed by atoms with Crippen LogP contribution in [0.25, 0.3) is 0 Å². The fourth-order valence-corrected chi connectivity index (χ4v) is 4.52. The van der Waals surface area contributed by atoms with Crippen molar-refractivity contribution in [1.29, 1.82) is 0 Å². The maximum atomic E-state index is 6.18. The van der Waals surface area contributed by atoms with E-state index in [0.717, 1.165) is 6.54 Å². The van der Waals surface area contributed by atoms with Gasteiger partial charge in [0, 0.05) is 28.5 Å². The lowest BCUT2D eigenvalue weighted by molar-refractivity contribution is 0.490. The SMILES string of the molecule is Cc1cc(C(CN)N2CC(C)Cc3ccccc32)c(C)s1. The molecule has 0 fully saturated rings. The third-order valence-corrected chi connectivity index (χ3v) is 5.40. The monoisotopic (exact) mass is 300 g/mol. The van der Waals surface area contributed by atoms with Crippen molar-refractivity contribution in [2.75, 3.05) is 18.0 Å². The Labute approximate surface area is 131 Å². The van der Waals surface area contributed by atoms with Crippen LogP contribution < -0.4 is 10.6 Å². The molecular formula is C18H24N2S. The van der Waals surface area contributed by atoms with Crippen molar-refractivity contribution in [2.45, 2.75) is 33.2 Å². The van der Waals surface area contributed by atoms with Crippen LogP contribution in [0.5, 0.6) is 0 Å². The van der Waals surface area contributed by atoms with Gasteiger partial charge in [-0.1, -0.05) is 25.1 Å². The van der Waals surface area contributed by atoms with Crippen LogP contribution in [0.3, 0.4) is 0 Å². The Hall–Kier alpha value is -1.32. The van der Waals surface area contributed by atoms with Crippen molar-refractivity contribution in [3.63, 3.8) is 0 Å². The van der Waals surface area contributed by atoms with Crippen molar-refractivity contribution in [3.05, 3.63) is 51.2 Å². The topological polar surface area (TPSA) is 29.3 Å². The Morgan fingerprint density at radius 2 is 2.10 bits per heavy atom. The maximum Gasteiger partial charge on any atom is 0.0675 e. The minimum absolute atomic E-state index is 0.291. The number of para-hydroxylation sites is 1. The molecule has 2 nitrogen and oxygen atoms in total.